The van der Waals surface area contributed by atoms with E-state index in [2.05, 4.69) is 97.8 Å². The predicted molar refractivity (Wildman–Crippen MR) is 515 cm³/mol. The Hall–Kier alpha value is -14.6. The Labute approximate surface area is 803 Å². The molecule has 0 atom stereocenters. The van der Waals surface area contributed by atoms with Crippen molar-refractivity contribution < 1.29 is 86.1 Å². The molecule has 0 aliphatic carbocycles. The summed E-state index contributed by atoms with van der Waals surface area (Å²) < 4.78 is 54.5. The van der Waals surface area contributed by atoms with Gasteiger partial charge in [0, 0.05) is 64.1 Å². The van der Waals surface area contributed by atoms with E-state index in [1.54, 1.807) is 187 Å². The molecule has 16 rings (SSSR count). The van der Waals surface area contributed by atoms with E-state index in [-0.39, 0.29) is 43.5 Å². The number of aromatic nitrogens is 12. The van der Waals surface area contributed by atoms with Crippen LogP contribution in [0.5, 0.6) is 17.2 Å². The normalized spacial score (nSPS) is 10.8. The Balaban J connectivity index is 0.000000154. The highest BCUT2D eigenvalue weighted by molar-refractivity contribution is 9.10. The third-order valence-corrected chi connectivity index (χ3v) is 22.1. The summed E-state index contributed by atoms with van der Waals surface area (Å²) >= 11 is 38.2. The first-order chi connectivity index (χ1) is 64.3. The highest BCUT2D eigenvalue weighted by Crippen LogP contribution is 2.39. The van der Waals surface area contributed by atoms with E-state index < -0.39 is 30.3 Å². The van der Waals surface area contributed by atoms with Gasteiger partial charge in [-0.2, -0.15) is 0 Å². The number of rotatable bonds is 23. The summed E-state index contributed by atoms with van der Waals surface area (Å²) in [5.41, 5.74) is 26.1. The van der Waals surface area contributed by atoms with E-state index in [9.17, 15) is 38.4 Å². The maximum Gasteiger partial charge on any atom is 0.411 e. The quantitative estimate of drug-likeness (QED) is 0.0124. The number of H-pyrrole nitrogens is 1. The fourth-order valence-corrected chi connectivity index (χ4v) is 15.3. The molecule has 11 heterocycles. The van der Waals surface area contributed by atoms with Gasteiger partial charge in [0.1, 0.15) is 23.1 Å². The van der Waals surface area contributed by atoms with Crippen molar-refractivity contribution in [3.63, 3.8) is 0 Å². The molecule has 5 amide bonds. The van der Waals surface area contributed by atoms with Crippen LogP contribution in [0.4, 0.5) is 59.0 Å². The Morgan fingerprint density at radius 1 is 0.388 bits per heavy atom. The van der Waals surface area contributed by atoms with Crippen LogP contribution < -0.4 is 52.3 Å². The molecule has 0 radical (unpaired) electrons. The number of nitrogen functional groups attached to an aromatic ring is 2. The molecule has 694 valence electrons. The molecule has 37 nitrogen and oxygen atoms in total. The van der Waals surface area contributed by atoms with Crippen molar-refractivity contribution in [1.29, 1.82) is 0 Å². The molecule has 0 spiro atoms. The Morgan fingerprint density at radius 2 is 0.746 bits per heavy atom. The van der Waals surface area contributed by atoms with Crippen molar-refractivity contribution in [1.82, 2.24) is 56.9 Å². The van der Waals surface area contributed by atoms with Gasteiger partial charge in [-0.05, 0) is 197 Å². The van der Waals surface area contributed by atoms with Gasteiger partial charge in [-0.25, -0.2) is 49.1 Å². The van der Waals surface area contributed by atoms with Crippen LogP contribution in [0, 0.1) is 0 Å². The molecular weight excluding hydrogens is 1970 g/mol. The van der Waals surface area contributed by atoms with Gasteiger partial charge in [0.15, 0.2) is 28.2 Å². The summed E-state index contributed by atoms with van der Waals surface area (Å²) in [4.78, 5) is 124. The average molecular weight is 2050 g/mol. The van der Waals surface area contributed by atoms with Gasteiger partial charge in [0.05, 0.1) is 209 Å². The standard InChI is InChI=1S/C24H21Cl2N5O4.C24H19Cl2N5O3.C18H16ClN3O5.C13H14BrN3O4.C11H12BrN3O2/c1-34-15-4-5-16(17(26)11-15)21-8-7-20(30-24(33)35-2)23-28-14(12-31(21)23)10-22(32)29-19-6-3-13(25)9-18(19)27;1-33-15-4-5-16(17(26)11-15)21-8-7-19(30-24(32)34-2)23-27-14(12-31(21)23)10-22-28-18-6-3-13(25)9-20(18)29-22;1-26-11-3-4-12(13(19)8-11)15-6-5-14(21-18(25)27-2)17-20-10(7-16(23)24)9-22(15)17;1-3-21-11(18)6-8-7-17-10(14)5-4-9(12(17)15-8)16-13(19)20-2;1-2-17-10(16)5-7-6-15-9(12)4-3-8(13)11(15)14-7/h3-9,11-12H,10,27H2,1-2H3,(H,29,32)(H,30,33);3-9,11-12H,10H2,1-2H3,(H,28,29)(H,30,32);3-6,8-9H,7H2,1-2H3,(H,21,25)(H,23,24);4-5,7H,3,6H2,1-2H3,(H,16,19);3-4,6H,2,5,13H2,1H3. The molecule has 5 aromatic carbocycles. The zero-order valence-corrected chi connectivity index (χ0v) is 79.3. The van der Waals surface area contributed by atoms with Gasteiger partial charge in [0.25, 0.3) is 0 Å². The number of anilines is 7. The lowest BCUT2D eigenvalue weighted by molar-refractivity contribution is -0.143. The van der Waals surface area contributed by atoms with E-state index in [1.807, 2.05) is 53.1 Å². The third-order valence-electron chi connectivity index (χ3n) is 19.4. The minimum Gasteiger partial charge on any atom is -0.497 e. The molecular formula is C90H82Br2Cl5N19O18. The summed E-state index contributed by atoms with van der Waals surface area (Å²) in [7, 11) is 9.80. The van der Waals surface area contributed by atoms with Crippen LogP contribution in [0.2, 0.25) is 25.1 Å². The number of hydrogen-bond donors (Lipinski definition) is 9. The number of methoxy groups -OCH3 is 7. The van der Waals surface area contributed by atoms with E-state index in [0.29, 0.717) is 175 Å². The number of carboxylic acids is 1. The number of esters is 2. The molecule has 11 aromatic heterocycles. The van der Waals surface area contributed by atoms with Crippen LogP contribution in [0.1, 0.15) is 48.1 Å². The molecule has 0 saturated carbocycles. The first kappa shape index (κ1) is 98.4. The number of imidazole rings is 6. The first-order valence-electron chi connectivity index (χ1n) is 39.9. The smallest absolute Gasteiger partial charge is 0.411 e. The molecule has 16 aromatic rings. The molecule has 0 bridgehead atoms. The van der Waals surface area contributed by atoms with Crippen LogP contribution in [0.25, 0.3) is 73.0 Å². The number of ether oxygens (including phenoxy) is 9. The third kappa shape index (κ3) is 24.4. The number of benzene rings is 5. The first-order valence-corrected chi connectivity index (χ1v) is 43.4. The number of aromatic amines is 1. The van der Waals surface area contributed by atoms with Crippen molar-refractivity contribution in [2.75, 3.05) is 101 Å². The van der Waals surface area contributed by atoms with Crippen molar-refractivity contribution in [3.05, 3.63) is 251 Å². The van der Waals surface area contributed by atoms with Crippen LogP contribution >= 0.6 is 89.9 Å². The van der Waals surface area contributed by atoms with Crippen molar-refractivity contribution in [2.45, 2.75) is 46.0 Å². The van der Waals surface area contributed by atoms with Crippen LogP contribution in [0.15, 0.2) is 192 Å². The number of hydrogen-bond acceptors (Lipinski definition) is 25. The van der Waals surface area contributed by atoms with Crippen molar-refractivity contribution in [3.8, 4) is 51.0 Å². The number of nitrogens with two attached hydrogens (primary N) is 2. The number of fused-ring (bicyclic) bond motifs is 6. The Bertz CT molecular complexity index is 7110. The number of halogens is 7. The van der Waals surface area contributed by atoms with E-state index in [1.165, 1.54) is 28.4 Å². The second kappa shape index (κ2) is 45.0. The maximum absolute atomic E-state index is 12.7. The fourth-order valence-electron chi connectivity index (χ4n) is 13.3. The minimum atomic E-state index is -1.01. The molecule has 0 fully saturated rings. The minimum absolute atomic E-state index is 0.0444. The van der Waals surface area contributed by atoms with Crippen molar-refractivity contribution >= 4 is 217 Å². The number of carboxylic acid groups (broad SMARTS) is 1. The van der Waals surface area contributed by atoms with Gasteiger partial charge in [0.2, 0.25) is 5.91 Å². The number of carbonyl (C=O) groups excluding carboxylic acids is 7. The van der Waals surface area contributed by atoms with E-state index in [0.717, 1.165) is 43.0 Å². The van der Waals surface area contributed by atoms with Gasteiger partial charge in [-0.3, -0.25) is 62.4 Å². The second-order valence-electron chi connectivity index (χ2n) is 28.2. The lowest BCUT2D eigenvalue weighted by atomic mass is 10.1. The number of nitrogens with zero attached hydrogens (tertiary/aromatic N) is 11. The zero-order chi connectivity index (χ0) is 96.3. The molecule has 0 aliphatic rings. The average Bonchev–Trinajstić information content (AvgIpc) is 1.60. The molecule has 0 saturated heterocycles. The summed E-state index contributed by atoms with van der Waals surface area (Å²) in [5, 5.41) is 24.9. The van der Waals surface area contributed by atoms with Gasteiger partial charge in [-0.15, -0.1) is 0 Å². The maximum atomic E-state index is 12.7. The van der Waals surface area contributed by atoms with Gasteiger partial charge >= 0.3 is 42.3 Å². The second-order valence-corrected chi connectivity index (χ2v) is 31.9. The summed E-state index contributed by atoms with van der Waals surface area (Å²) in [6, 6.07) is 43.9. The number of nitrogens with one attached hydrogen (secondary N) is 6. The zero-order valence-electron chi connectivity index (χ0n) is 72.4. The molecule has 11 N–H and O–H groups in total. The van der Waals surface area contributed by atoms with Gasteiger partial charge < -0.3 is 69.5 Å². The monoisotopic (exact) mass is 2050 g/mol. The largest absolute Gasteiger partial charge is 0.497 e. The summed E-state index contributed by atoms with van der Waals surface area (Å²) in [5.74, 6) is 0.658. The predicted octanol–water partition coefficient (Wildman–Crippen LogP) is 18.9. The van der Waals surface area contributed by atoms with Crippen molar-refractivity contribution in [2.24, 2.45) is 0 Å². The van der Waals surface area contributed by atoms with E-state index in [4.69, 9.17) is 113 Å². The molecule has 0 unspecified atom stereocenters. The molecule has 44 heteroatoms. The lowest BCUT2D eigenvalue weighted by Gasteiger charge is -2.12. The summed E-state index contributed by atoms with van der Waals surface area (Å²) in [6.45, 7) is 4.22. The highest BCUT2D eigenvalue weighted by Gasteiger charge is 2.24. The Kier molecular flexibility index (Phi) is 33.1. The number of amides is 5. The van der Waals surface area contributed by atoms with E-state index >= 15 is 0 Å². The van der Waals surface area contributed by atoms with Gasteiger partial charge in [-0.1, -0.05) is 58.0 Å². The van der Waals surface area contributed by atoms with Crippen LogP contribution in [-0.4, -0.2) is 173 Å². The topological polar surface area (TPSA) is 467 Å². The van der Waals surface area contributed by atoms with Crippen LogP contribution in [-0.2, 0) is 79.7 Å². The lowest BCUT2D eigenvalue weighted by Crippen LogP contribution is -2.15. The SMILES string of the molecule is CCOC(=O)Cc1cn2c(Br)ccc(N)c2n1.CCOC(=O)Cc1cn2c(Br)ccc(NC(=O)OC)c2n1.COC(=O)Nc1ccc(-c2ccc(OC)cc2Cl)n2cc(CC(=O)Nc3ccc(Cl)cc3N)nc12.COC(=O)Nc1ccc(-c2ccc(OC)cc2Cl)n2cc(CC(=O)O)nc12.COC(=O)Nc1ccc(-c2ccc(OC)cc2Cl)n2cc(Cc3nc4ccc(Cl)cc4[nH]3)nc12. The number of aliphatic carboxylic acids is 1. The fraction of sp³-hybridized carbons (Fsp3) is 0.178. The highest BCUT2D eigenvalue weighted by atomic mass is 79.9. The van der Waals surface area contributed by atoms with Crippen LogP contribution in [0.3, 0.4) is 0 Å². The number of pyridine rings is 5. The molecule has 0 aliphatic heterocycles. The number of carbonyl (C=O) groups is 8. The summed E-state index contributed by atoms with van der Waals surface area (Å²) in [6.07, 6.45) is 6.57. The molecule has 134 heavy (non-hydrogen) atoms. The Morgan fingerprint density at radius 3 is 1.15 bits per heavy atom.